The molecule has 0 radical (unpaired) electrons. The maximum atomic E-state index is 12.2. The second kappa shape index (κ2) is 6.74. The lowest BCUT2D eigenvalue weighted by Gasteiger charge is -2.17. The molecule has 7 nitrogen and oxygen atoms in total. The predicted molar refractivity (Wildman–Crippen MR) is 79.6 cm³/mol. The lowest BCUT2D eigenvalue weighted by atomic mass is 10.1. The Labute approximate surface area is 141 Å². The van der Waals surface area contributed by atoms with Gasteiger partial charge in [0.15, 0.2) is 0 Å². The van der Waals surface area contributed by atoms with Crippen LogP contribution in [0.5, 0.6) is 0 Å². The summed E-state index contributed by atoms with van der Waals surface area (Å²) >= 11 is 11.8. The van der Waals surface area contributed by atoms with E-state index in [0.717, 1.165) is 6.92 Å². The third-order valence-corrected chi connectivity index (χ3v) is 3.67. The first-order chi connectivity index (χ1) is 10.8. The van der Waals surface area contributed by atoms with Crippen molar-refractivity contribution in [2.75, 3.05) is 6.61 Å². The smallest absolute Gasteiger partial charge is 0.443 e. The van der Waals surface area contributed by atoms with Gasteiger partial charge in [-0.15, -0.1) is 5.06 Å². The Bertz CT molecular complexity index is 665. The summed E-state index contributed by atoms with van der Waals surface area (Å²) < 4.78 is 9.55. The topological polar surface area (TPSA) is 82.1 Å². The van der Waals surface area contributed by atoms with E-state index in [-0.39, 0.29) is 13.2 Å². The lowest BCUT2D eigenvalue weighted by molar-refractivity contribution is -0.177. The molecule has 1 aromatic rings. The van der Waals surface area contributed by atoms with Gasteiger partial charge in [0.1, 0.15) is 6.61 Å². The molecule has 0 spiro atoms. The molecule has 0 aromatic heterocycles. The van der Waals surface area contributed by atoms with E-state index < -0.39 is 23.6 Å². The van der Waals surface area contributed by atoms with Gasteiger partial charge in [0.05, 0.1) is 6.61 Å². The molecule has 23 heavy (non-hydrogen) atoms. The SMILES string of the molecule is CCOC(=O)C1(C)OC(=O)N(OCc2ccc(Cl)cc2Cl)C1=O. The first kappa shape index (κ1) is 17.5. The van der Waals surface area contributed by atoms with E-state index in [1.54, 1.807) is 19.1 Å². The quantitative estimate of drug-likeness (QED) is 0.592. The van der Waals surface area contributed by atoms with Gasteiger partial charge in [0.25, 0.3) is 5.60 Å². The maximum Gasteiger partial charge on any atom is 0.443 e. The highest BCUT2D eigenvalue weighted by molar-refractivity contribution is 6.35. The van der Waals surface area contributed by atoms with Crippen molar-refractivity contribution in [3.05, 3.63) is 33.8 Å². The van der Waals surface area contributed by atoms with Crippen LogP contribution in [0.2, 0.25) is 10.0 Å². The Morgan fingerprint density at radius 1 is 1.35 bits per heavy atom. The standard InChI is InChI=1S/C14H13Cl2NO6/c1-3-21-12(19)14(2)11(18)17(13(20)23-14)22-7-8-4-5-9(15)6-10(8)16/h4-6H,3,7H2,1-2H3. The van der Waals surface area contributed by atoms with Gasteiger partial charge in [-0.25, -0.2) is 9.59 Å². The number of hydrogen-bond donors (Lipinski definition) is 0. The highest BCUT2D eigenvalue weighted by Gasteiger charge is 2.58. The fraction of sp³-hybridized carbons (Fsp3) is 0.357. The third-order valence-electron chi connectivity index (χ3n) is 3.08. The molecule has 0 N–H and O–H groups in total. The average Bonchev–Trinajstić information content (AvgIpc) is 2.70. The van der Waals surface area contributed by atoms with Crippen molar-refractivity contribution in [3.63, 3.8) is 0 Å². The van der Waals surface area contributed by atoms with Gasteiger partial charge in [0.2, 0.25) is 0 Å². The Morgan fingerprint density at radius 2 is 2.04 bits per heavy atom. The largest absolute Gasteiger partial charge is 0.463 e. The highest BCUT2D eigenvalue weighted by atomic mass is 35.5. The van der Waals surface area contributed by atoms with Crippen LogP contribution in [0.3, 0.4) is 0 Å². The summed E-state index contributed by atoms with van der Waals surface area (Å²) in [5.41, 5.74) is -1.56. The number of amides is 2. The van der Waals surface area contributed by atoms with Gasteiger partial charge in [-0.2, -0.15) is 0 Å². The minimum absolute atomic E-state index is 0.0422. The number of imide groups is 1. The van der Waals surface area contributed by atoms with Gasteiger partial charge in [-0.05, 0) is 31.5 Å². The van der Waals surface area contributed by atoms with Gasteiger partial charge >= 0.3 is 18.0 Å². The maximum absolute atomic E-state index is 12.2. The molecular weight excluding hydrogens is 349 g/mol. The molecule has 1 aliphatic heterocycles. The molecule has 0 saturated carbocycles. The molecule has 1 aliphatic rings. The Kier molecular flexibility index (Phi) is 5.13. The number of nitrogens with zero attached hydrogens (tertiary/aromatic N) is 1. The second-order valence-electron chi connectivity index (χ2n) is 4.73. The molecule has 1 heterocycles. The van der Waals surface area contributed by atoms with Crippen molar-refractivity contribution in [3.8, 4) is 0 Å². The summed E-state index contributed by atoms with van der Waals surface area (Å²) in [7, 11) is 0. The summed E-state index contributed by atoms with van der Waals surface area (Å²) in [4.78, 5) is 40.9. The third kappa shape index (κ3) is 3.41. The summed E-state index contributed by atoms with van der Waals surface area (Å²) in [5, 5.41) is 1.12. The van der Waals surface area contributed by atoms with E-state index in [4.69, 9.17) is 37.5 Å². The summed E-state index contributed by atoms with van der Waals surface area (Å²) in [6.07, 6.45) is -1.10. The zero-order valence-corrected chi connectivity index (χ0v) is 13.8. The first-order valence-corrected chi connectivity index (χ1v) is 7.36. The van der Waals surface area contributed by atoms with Crippen LogP contribution >= 0.6 is 23.2 Å². The molecule has 1 atom stereocenters. The van der Waals surface area contributed by atoms with Gasteiger partial charge in [0, 0.05) is 10.0 Å². The van der Waals surface area contributed by atoms with Crippen LogP contribution in [-0.2, 0) is 30.5 Å². The molecule has 1 fully saturated rings. The lowest BCUT2D eigenvalue weighted by Crippen LogP contribution is -2.46. The minimum atomic E-state index is -2.06. The molecule has 0 aliphatic carbocycles. The zero-order valence-electron chi connectivity index (χ0n) is 12.3. The Morgan fingerprint density at radius 3 is 2.65 bits per heavy atom. The monoisotopic (exact) mass is 361 g/mol. The van der Waals surface area contributed by atoms with Crippen LogP contribution in [-0.4, -0.2) is 35.2 Å². The van der Waals surface area contributed by atoms with E-state index >= 15 is 0 Å². The van der Waals surface area contributed by atoms with Gasteiger partial charge in [-0.3, -0.25) is 9.63 Å². The van der Waals surface area contributed by atoms with Crippen molar-refractivity contribution < 1.29 is 28.7 Å². The fourth-order valence-corrected chi connectivity index (χ4v) is 2.28. The number of halogens is 2. The molecular formula is C14H13Cl2NO6. The summed E-state index contributed by atoms with van der Waals surface area (Å²) in [5.74, 6) is -1.93. The Balaban J connectivity index is 2.10. The van der Waals surface area contributed by atoms with Gasteiger partial charge in [-0.1, -0.05) is 29.3 Å². The predicted octanol–water partition coefficient (Wildman–Crippen LogP) is 2.73. The average molecular weight is 362 g/mol. The fourth-order valence-electron chi connectivity index (χ4n) is 1.82. The van der Waals surface area contributed by atoms with Crippen molar-refractivity contribution >= 4 is 41.2 Å². The number of ether oxygens (including phenoxy) is 2. The van der Waals surface area contributed by atoms with E-state index in [1.807, 2.05) is 0 Å². The zero-order chi connectivity index (χ0) is 17.2. The van der Waals surface area contributed by atoms with Crippen molar-refractivity contribution in [1.29, 1.82) is 0 Å². The van der Waals surface area contributed by atoms with Crippen LogP contribution < -0.4 is 0 Å². The summed E-state index contributed by atoms with van der Waals surface area (Å²) in [6, 6.07) is 4.66. The molecule has 1 unspecified atom stereocenters. The number of benzene rings is 1. The van der Waals surface area contributed by atoms with Crippen LogP contribution in [0.25, 0.3) is 0 Å². The number of carbonyl (C=O) groups excluding carboxylic acids is 3. The van der Waals surface area contributed by atoms with Crippen molar-refractivity contribution in [1.82, 2.24) is 5.06 Å². The number of hydrogen-bond acceptors (Lipinski definition) is 6. The number of hydroxylamine groups is 2. The molecule has 9 heteroatoms. The van der Waals surface area contributed by atoms with E-state index in [0.29, 0.717) is 20.7 Å². The molecule has 1 aromatic carbocycles. The van der Waals surface area contributed by atoms with Gasteiger partial charge < -0.3 is 9.47 Å². The molecule has 124 valence electrons. The normalized spacial score (nSPS) is 20.6. The van der Waals surface area contributed by atoms with Crippen LogP contribution in [0.15, 0.2) is 18.2 Å². The van der Waals surface area contributed by atoms with Crippen molar-refractivity contribution in [2.24, 2.45) is 0 Å². The Hall–Kier alpha value is -1.83. The first-order valence-electron chi connectivity index (χ1n) is 6.61. The van der Waals surface area contributed by atoms with Crippen LogP contribution in [0.1, 0.15) is 19.4 Å². The molecule has 1 saturated heterocycles. The molecule has 0 bridgehead atoms. The molecule has 2 amide bonds. The van der Waals surface area contributed by atoms with E-state index in [2.05, 4.69) is 0 Å². The van der Waals surface area contributed by atoms with Crippen molar-refractivity contribution in [2.45, 2.75) is 26.1 Å². The second-order valence-corrected chi connectivity index (χ2v) is 5.57. The number of carbonyl (C=O) groups is 3. The summed E-state index contributed by atoms with van der Waals surface area (Å²) in [6.45, 7) is 2.57. The van der Waals surface area contributed by atoms with Crippen LogP contribution in [0, 0.1) is 0 Å². The highest BCUT2D eigenvalue weighted by Crippen LogP contribution is 2.28. The number of rotatable bonds is 5. The van der Waals surface area contributed by atoms with Crippen LogP contribution in [0.4, 0.5) is 4.79 Å². The van der Waals surface area contributed by atoms with E-state index in [9.17, 15) is 14.4 Å². The van der Waals surface area contributed by atoms with E-state index in [1.165, 1.54) is 6.07 Å². The minimum Gasteiger partial charge on any atom is -0.463 e. The number of esters is 1. The number of cyclic esters (lactones) is 1. The molecule has 2 rings (SSSR count).